The summed E-state index contributed by atoms with van der Waals surface area (Å²) in [6.45, 7) is 0. The van der Waals surface area contributed by atoms with Crippen LogP contribution in [0.25, 0.3) is 0 Å². The second kappa shape index (κ2) is 5.54. The number of phenols is 2. The maximum atomic E-state index is 11.9. The number of aromatic nitrogens is 2. The van der Waals surface area contributed by atoms with Crippen molar-refractivity contribution in [3.05, 3.63) is 39.2 Å². The number of carbonyl (C=O) groups is 1. The number of amides is 1. The molecule has 0 spiro atoms. The molecule has 0 saturated carbocycles. The second-order valence-electron chi connectivity index (χ2n) is 3.46. The SMILES string of the molecule is O=C(Nc1ncc(Br)nc1Br)c1cccc(O)c1O. The van der Waals surface area contributed by atoms with Crippen LogP contribution >= 0.6 is 31.9 Å². The van der Waals surface area contributed by atoms with Crippen molar-refractivity contribution in [2.45, 2.75) is 0 Å². The topological polar surface area (TPSA) is 95.3 Å². The van der Waals surface area contributed by atoms with Crippen molar-refractivity contribution in [1.29, 1.82) is 0 Å². The van der Waals surface area contributed by atoms with Crippen molar-refractivity contribution >= 4 is 43.6 Å². The van der Waals surface area contributed by atoms with E-state index in [1.807, 2.05) is 0 Å². The maximum absolute atomic E-state index is 11.9. The van der Waals surface area contributed by atoms with E-state index < -0.39 is 11.7 Å². The van der Waals surface area contributed by atoms with E-state index in [0.717, 1.165) is 0 Å². The van der Waals surface area contributed by atoms with Crippen molar-refractivity contribution in [2.75, 3.05) is 5.32 Å². The van der Waals surface area contributed by atoms with E-state index >= 15 is 0 Å². The van der Waals surface area contributed by atoms with Gasteiger partial charge in [-0.1, -0.05) is 6.07 Å². The van der Waals surface area contributed by atoms with Gasteiger partial charge in [-0.15, -0.1) is 0 Å². The Hall–Kier alpha value is -1.67. The van der Waals surface area contributed by atoms with E-state index in [1.165, 1.54) is 24.4 Å². The molecule has 1 aromatic carbocycles. The molecule has 19 heavy (non-hydrogen) atoms. The first kappa shape index (κ1) is 13.8. The average Bonchev–Trinajstić information content (AvgIpc) is 2.36. The Morgan fingerprint density at radius 3 is 2.68 bits per heavy atom. The molecule has 6 nitrogen and oxygen atoms in total. The summed E-state index contributed by atoms with van der Waals surface area (Å²) in [4.78, 5) is 19.9. The molecule has 0 fully saturated rings. The lowest BCUT2D eigenvalue weighted by molar-refractivity contribution is 0.102. The van der Waals surface area contributed by atoms with Gasteiger partial charge >= 0.3 is 0 Å². The molecule has 0 unspecified atom stereocenters. The van der Waals surface area contributed by atoms with E-state index in [9.17, 15) is 15.0 Å². The molecule has 0 saturated heterocycles. The fourth-order valence-corrected chi connectivity index (χ4v) is 2.23. The molecule has 8 heteroatoms. The summed E-state index contributed by atoms with van der Waals surface area (Å²) in [6.07, 6.45) is 1.42. The lowest BCUT2D eigenvalue weighted by Gasteiger charge is -2.08. The lowest BCUT2D eigenvalue weighted by Crippen LogP contribution is -2.14. The monoisotopic (exact) mass is 387 g/mol. The minimum Gasteiger partial charge on any atom is -0.504 e. The Kier molecular flexibility index (Phi) is 4.01. The van der Waals surface area contributed by atoms with Gasteiger partial charge in [-0.05, 0) is 44.0 Å². The summed E-state index contributed by atoms with van der Waals surface area (Å²) in [5.74, 6) is -1.25. The minimum atomic E-state index is -0.606. The van der Waals surface area contributed by atoms with Crippen molar-refractivity contribution in [2.24, 2.45) is 0 Å². The van der Waals surface area contributed by atoms with E-state index in [2.05, 4.69) is 47.1 Å². The number of hydrogen-bond acceptors (Lipinski definition) is 5. The van der Waals surface area contributed by atoms with E-state index in [-0.39, 0.29) is 17.1 Å². The molecule has 1 amide bonds. The summed E-state index contributed by atoms with van der Waals surface area (Å²) < 4.78 is 0.854. The predicted molar refractivity (Wildman–Crippen MR) is 75.2 cm³/mol. The zero-order chi connectivity index (χ0) is 14.0. The molecule has 98 valence electrons. The van der Waals surface area contributed by atoms with Gasteiger partial charge in [-0.3, -0.25) is 4.79 Å². The Balaban J connectivity index is 2.28. The zero-order valence-electron chi connectivity index (χ0n) is 9.26. The molecule has 0 radical (unpaired) electrons. The number of aromatic hydroxyl groups is 2. The molecular formula is C11H7Br2N3O3. The molecule has 0 aliphatic heterocycles. The van der Waals surface area contributed by atoms with Crippen LogP contribution in [0.4, 0.5) is 5.82 Å². The molecule has 3 N–H and O–H groups in total. The third-order valence-electron chi connectivity index (χ3n) is 2.19. The van der Waals surface area contributed by atoms with Crippen LogP contribution in [0.2, 0.25) is 0 Å². The van der Waals surface area contributed by atoms with Crippen molar-refractivity contribution in [3.8, 4) is 11.5 Å². The largest absolute Gasteiger partial charge is 0.504 e. The van der Waals surface area contributed by atoms with E-state index in [4.69, 9.17) is 0 Å². The molecule has 2 rings (SSSR count). The molecule has 0 atom stereocenters. The van der Waals surface area contributed by atoms with Crippen molar-refractivity contribution < 1.29 is 15.0 Å². The molecule has 2 aromatic rings. The van der Waals surface area contributed by atoms with E-state index in [0.29, 0.717) is 9.21 Å². The number of halogens is 2. The van der Waals surface area contributed by atoms with Gasteiger partial charge in [0.15, 0.2) is 17.3 Å². The highest BCUT2D eigenvalue weighted by atomic mass is 79.9. The van der Waals surface area contributed by atoms with Crippen LogP contribution in [0.1, 0.15) is 10.4 Å². The summed E-state index contributed by atoms with van der Waals surface area (Å²) >= 11 is 6.29. The highest BCUT2D eigenvalue weighted by Crippen LogP contribution is 2.29. The second-order valence-corrected chi connectivity index (χ2v) is 5.02. The van der Waals surface area contributed by atoms with Crippen LogP contribution in [0.3, 0.4) is 0 Å². The number of carbonyl (C=O) groups excluding carboxylic acids is 1. The van der Waals surface area contributed by atoms with Gasteiger partial charge in [0.05, 0.1) is 11.8 Å². The molecule has 0 aliphatic rings. The van der Waals surface area contributed by atoms with Gasteiger partial charge in [-0.25, -0.2) is 9.97 Å². The van der Waals surface area contributed by atoms with Gasteiger partial charge in [0, 0.05) is 0 Å². The minimum absolute atomic E-state index is 0.0587. The normalized spacial score (nSPS) is 10.2. The Labute approximate surface area is 124 Å². The first-order valence-electron chi connectivity index (χ1n) is 4.99. The Morgan fingerprint density at radius 1 is 1.26 bits per heavy atom. The maximum Gasteiger partial charge on any atom is 0.260 e. The third kappa shape index (κ3) is 3.02. The van der Waals surface area contributed by atoms with Crippen LogP contribution in [-0.2, 0) is 0 Å². The summed E-state index contributed by atoms with van der Waals surface area (Å²) in [5, 5.41) is 21.4. The number of para-hydroxylation sites is 1. The first-order chi connectivity index (χ1) is 8.99. The average molecular weight is 389 g/mol. The van der Waals surface area contributed by atoms with Gasteiger partial charge in [0.2, 0.25) is 0 Å². The number of anilines is 1. The number of phenolic OH excluding ortho intramolecular Hbond substituents is 2. The molecule has 0 aliphatic carbocycles. The number of hydrogen-bond donors (Lipinski definition) is 3. The summed E-state index contributed by atoms with van der Waals surface area (Å²) in [6, 6.07) is 4.11. The standard InChI is InChI=1S/C11H7Br2N3O3/c12-7-4-14-10(9(13)15-7)16-11(19)5-2-1-3-6(17)8(5)18/h1-4,17-18H,(H,14,16,19). The molecule has 0 bridgehead atoms. The van der Waals surface area contributed by atoms with Crippen LogP contribution < -0.4 is 5.32 Å². The molecule has 1 heterocycles. The fraction of sp³-hybridized carbons (Fsp3) is 0. The number of benzene rings is 1. The first-order valence-corrected chi connectivity index (χ1v) is 6.58. The Bertz CT molecular complexity index is 649. The van der Waals surface area contributed by atoms with Crippen LogP contribution in [0.15, 0.2) is 33.6 Å². The van der Waals surface area contributed by atoms with Gasteiger partial charge in [0.25, 0.3) is 5.91 Å². The Morgan fingerprint density at radius 2 is 2.00 bits per heavy atom. The quantitative estimate of drug-likeness (QED) is 0.687. The highest BCUT2D eigenvalue weighted by Gasteiger charge is 2.16. The lowest BCUT2D eigenvalue weighted by atomic mass is 10.1. The van der Waals surface area contributed by atoms with Crippen molar-refractivity contribution in [3.63, 3.8) is 0 Å². The predicted octanol–water partition coefficient (Wildman–Crippen LogP) is 2.67. The summed E-state index contributed by atoms with van der Waals surface area (Å²) in [5.41, 5.74) is -0.0587. The number of nitrogens with one attached hydrogen (secondary N) is 1. The van der Waals surface area contributed by atoms with Crippen LogP contribution in [0.5, 0.6) is 11.5 Å². The van der Waals surface area contributed by atoms with E-state index in [1.54, 1.807) is 0 Å². The molecular weight excluding hydrogens is 382 g/mol. The summed E-state index contributed by atoms with van der Waals surface area (Å²) in [7, 11) is 0. The van der Waals surface area contributed by atoms with Gasteiger partial charge in [-0.2, -0.15) is 0 Å². The number of rotatable bonds is 2. The van der Waals surface area contributed by atoms with Crippen molar-refractivity contribution in [1.82, 2.24) is 9.97 Å². The smallest absolute Gasteiger partial charge is 0.260 e. The third-order valence-corrected chi connectivity index (χ3v) is 3.13. The molecule has 1 aromatic heterocycles. The van der Waals surface area contributed by atoms with Gasteiger partial charge < -0.3 is 15.5 Å². The zero-order valence-corrected chi connectivity index (χ0v) is 12.4. The number of nitrogens with zero attached hydrogens (tertiary/aromatic N) is 2. The fourth-order valence-electron chi connectivity index (χ4n) is 1.32. The van der Waals surface area contributed by atoms with Crippen LogP contribution in [-0.4, -0.2) is 26.1 Å². The highest BCUT2D eigenvalue weighted by molar-refractivity contribution is 9.11. The van der Waals surface area contributed by atoms with Gasteiger partial charge in [0.1, 0.15) is 9.21 Å². The van der Waals surface area contributed by atoms with Crippen LogP contribution in [0, 0.1) is 0 Å².